The van der Waals surface area contributed by atoms with Crippen LogP contribution in [-0.2, 0) is 4.79 Å². The van der Waals surface area contributed by atoms with Crippen LogP contribution in [0.2, 0.25) is 0 Å². The number of benzene rings is 1. The van der Waals surface area contributed by atoms with Crippen molar-refractivity contribution in [1.82, 2.24) is 0 Å². The molecule has 0 spiro atoms. The van der Waals surface area contributed by atoms with Crippen molar-refractivity contribution >= 4 is 23.4 Å². The molecule has 0 saturated heterocycles. The predicted molar refractivity (Wildman–Crippen MR) is 59.2 cm³/mol. The van der Waals surface area contributed by atoms with Gasteiger partial charge < -0.3 is 9.84 Å². The molecule has 0 aliphatic carbocycles. The van der Waals surface area contributed by atoms with Gasteiger partial charge >= 0.3 is 5.97 Å². The molecule has 1 N–H and O–H groups in total. The third-order valence-corrected chi connectivity index (χ3v) is 2.42. The Hall–Kier alpha value is -1.62. The molecule has 0 aliphatic rings. The lowest BCUT2D eigenvalue weighted by atomic mass is 10.0. The summed E-state index contributed by atoms with van der Waals surface area (Å²) in [7, 11) is 1.32. The second-order valence-corrected chi connectivity index (χ2v) is 3.80. The quantitative estimate of drug-likeness (QED) is 0.650. The Bertz CT molecular complexity index is 447. The fourth-order valence-electron chi connectivity index (χ4n) is 1.29. The summed E-state index contributed by atoms with van der Waals surface area (Å²) in [5, 5.41) is 7.27. The number of carbonyl (C=O) groups excluding carboxylic acids is 1. The summed E-state index contributed by atoms with van der Waals surface area (Å²) in [4.78, 5) is 22.2. The minimum absolute atomic E-state index is 0.0613. The molecule has 0 saturated carbocycles. The van der Waals surface area contributed by atoms with Gasteiger partial charge in [0.05, 0.1) is 19.1 Å². The zero-order valence-electron chi connectivity index (χ0n) is 8.94. The smallest absolute Gasteiger partial charge is 0.305 e. The van der Waals surface area contributed by atoms with E-state index in [1.807, 2.05) is 0 Å². The Labute approximate surface area is 102 Å². The van der Waals surface area contributed by atoms with Crippen LogP contribution in [-0.4, -0.2) is 29.3 Å². The summed E-state index contributed by atoms with van der Waals surface area (Å²) >= 11 is 5.63. The van der Waals surface area contributed by atoms with Crippen molar-refractivity contribution in [2.45, 2.75) is 11.8 Å². The van der Waals surface area contributed by atoms with Crippen LogP contribution in [0.3, 0.4) is 0 Å². The highest BCUT2D eigenvalue weighted by atomic mass is 35.5. The molecule has 0 radical (unpaired) electrons. The second-order valence-electron chi connectivity index (χ2n) is 3.27. The highest BCUT2D eigenvalue weighted by molar-refractivity contribution is 6.35. The first-order valence-corrected chi connectivity index (χ1v) is 5.13. The molecule has 1 aromatic rings. The molecular formula is C11H10ClFO4. The number of methoxy groups -OCH3 is 1. The van der Waals surface area contributed by atoms with Gasteiger partial charge in [-0.15, -0.1) is 11.6 Å². The van der Waals surface area contributed by atoms with Crippen molar-refractivity contribution in [2.24, 2.45) is 0 Å². The van der Waals surface area contributed by atoms with Crippen LogP contribution in [0, 0.1) is 5.82 Å². The van der Waals surface area contributed by atoms with Gasteiger partial charge in [-0.1, -0.05) is 0 Å². The fourth-order valence-corrected chi connectivity index (χ4v) is 1.54. The Morgan fingerprint density at radius 1 is 1.53 bits per heavy atom. The topological polar surface area (TPSA) is 63.6 Å². The summed E-state index contributed by atoms with van der Waals surface area (Å²) in [5.41, 5.74) is -0.0613. The number of Topliss-reactive ketones (excluding diaryl/α,β-unsaturated/α-hetero) is 1. The number of halogens is 2. The predicted octanol–water partition coefficient (Wildman–Crippen LogP) is 2.10. The number of hydrogen-bond donors (Lipinski definition) is 1. The first-order valence-electron chi connectivity index (χ1n) is 4.69. The Balaban J connectivity index is 3.02. The minimum Gasteiger partial charge on any atom is -0.496 e. The lowest BCUT2D eigenvalue weighted by Gasteiger charge is -2.10. The standard InChI is InChI=1S/C11H10ClFO4/c1-17-9-3-2-6(13)4-7(9)11(16)8(12)5-10(14)15/h2-4,8H,5H2,1H3,(H,14,15). The van der Waals surface area contributed by atoms with E-state index in [-0.39, 0.29) is 11.3 Å². The molecular weight excluding hydrogens is 251 g/mol. The van der Waals surface area contributed by atoms with Crippen molar-refractivity contribution in [1.29, 1.82) is 0 Å². The number of rotatable bonds is 5. The van der Waals surface area contributed by atoms with Gasteiger partial charge in [0.15, 0.2) is 5.78 Å². The van der Waals surface area contributed by atoms with Crippen LogP contribution in [0.1, 0.15) is 16.8 Å². The van der Waals surface area contributed by atoms with Crippen molar-refractivity contribution < 1.29 is 23.8 Å². The highest BCUT2D eigenvalue weighted by Gasteiger charge is 2.23. The summed E-state index contributed by atoms with van der Waals surface area (Å²) < 4.78 is 17.9. The van der Waals surface area contributed by atoms with Gasteiger partial charge in [0.2, 0.25) is 0 Å². The lowest BCUT2D eigenvalue weighted by Crippen LogP contribution is -2.19. The van der Waals surface area contributed by atoms with Crippen molar-refractivity contribution in [2.75, 3.05) is 7.11 Å². The van der Waals surface area contributed by atoms with E-state index >= 15 is 0 Å². The molecule has 1 rings (SSSR count). The average Bonchev–Trinajstić information content (AvgIpc) is 2.27. The molecule has 4 nitrogen and oxygen atoms in total. The third-order valence-electron chi connectivity index (χ3n) is 2.07. The number of carbonyl (C=O) groups is 2. The van der Waals surface area contributed by atoms with E-state index in [4.69, 9.17) is 21.4 Å². The molecule has 6 heteroatoms. The summed E-state index contributed by atoms with van der Waals surface area (Å²) in [6.45, 7) is 0. The summed E-state index contributed by atoms with van der Waals surface area (Å²) in [6, 6.07) is 3.39. The first kappa shape index (κ1) is 13.4. The largest absolute Gasteiger partial charge is 0.496 e. The molecule has 1 atom stereocenters. The maximum Gasteiger partial charge on any atom is 0.305 e. The van der Waals surface area contributed by atoms with E-state index in [0.29, 0.717) is 0 Å². The third kappa shape index (κ3) is 3.42. The van der Waals surface area contributed by atoms with Gasteiger partial charge in [-0.25, -0.2) is 4.39 Å². The maximum absolute atomic E-state index is 13.0. The maximum atomic E-state index is 13.0. The number of carboxylic acid groups (broad SMARTS) is 1. The molecule has 1 aromatic carbocycles. The Kier molecular flexibility index (Phi) is 4.45. The SMILES string of the molecule is COc1ccc(F)cc1C(=O)C(Cl)CC(=O)O. The van der Waals surface area contributed by atoms with Gasteiger partial charge in [0, 0.05) is 0 Å². The molecule has 0 bridgehead atoms. The second kappa shape index (κ2) is 5.63. The van der Waals surface area contributed by atoms with Gasteiger partial charge in [0.25, 0.3) is 0 Å². The van der Waals surface area contributed by atoms with Crippen molar-refractivity contribution in [3.63, 3.8) is 0 Å². The summed E-state index contributed by atoms with van der Waals surface area (Å²) in [5.74, 6) is -2.33. The number of ketones is 1. The van der Waals surface area contributed by atoms with Crippen LogP contribution in [0.25, 0.3) is 0 Å². The van der Waals surface area contributed by atoms with Crippen LogP contribution in [0.5, 0.6) is 5.75 Å². The first-order chi connectivity index (χ1) is 7.95. The minimum atomic E-state index is -1.25. The molecule has 0 fully saturated rings. The van der Waals surface area contributed by atoms with Crippen LogP contribution in [0.4, 0.5) is 4.39 Å². The number of ether oxygens (including phenoxy) is 1. The van der Waals surface area contributed by atoms with Gasteiger partial charge in [-0.2, -0.15) is 0 Å². The van der Waals surface area contributed by atoms with Crippen LogP contribution >= 0.6 is 11.6 Å². The van der Waals surface area contributed by atoms with Crippen molar-refractivity contribution in [3.8, 4) is 5.75 Å². The van der Waals surface area contributed by atoms with Gasteiger partial charge in [-0.3, -0.25) is 9.59 Å². The van der Waals surface area contributed by atoms with Crippen LogP contribution < -0.4 is 4.74 Å². The van der Waals surface area contributed by atoms with Gasteiger partial charge in [0.1, 0.15) is 16.9 Å². The molecule has 0 aliphatic heterocycles. The number of aliphatic carboxylic acids is 1. The van der Waals surface area contributed by atoms with E-state index in [9.17, 15) is 14.0 Å². The normalized spacial score (nSPS) is 11.9. The monoisotopic (exact) mass is 260 g/mol. The molecule has 0 amide bonds. The van der Waals surface area contributed by atoms with E-state index in [1.54, 1.807) is 0 Å². The van der Waals surface area contributed by atoms with Crippen LogP contribution in [0.15, 0.2) is 18.2 Å². The van der Waals surface area contributed by atoms with Crippen molar-refractivity contribution in [3.05, 3.63) is 29.6 Å². The molecule has 1 unspecified atom stereocenters. The number of hydrogen-bond acceptors (Lipinski definition) is 3. The van der Waals surface area contributed by atoms with Gasteiger partial charge in [-0.05, 0) is 18.2 Å². The number of alkyl halides is 1. The lowest BCUT2D eigenvalue weighted by molar-refractivity contribution is -0.136. The Morgan fingerprint density at radius 3 is 2.71 bits per heavy atom. The molecule has 0 heterocycles. The fraction of sp³-hybridized carbons (Fsp3) is 0.273. The Morgan fingerprint density at radius 2 is 2.18 bits per heavy atom. The zero-order valence-corrected chi connectivity index (χ0v) is 9.70. The molecule has 17 heavy (non-hydrogen) atoms. The van der Waals surface area contributed by atoms with E-state index in [0.717, 1.165) is 12.1 Å². The van der Waals surface area contributed by atoms with E-state index in [2.05, 4.69) is 0 Å². The average molecular weight is 261 g/mol. The van der Waals surface area contributed by atoms with E-state index < -0.39 is 29.4 Å². The highest BCUT2D eigenvalue weighted by Crippen LogP contribution is 2.23. The molecule has 0 aromatic heterocycles. The zero-order chi connectivity index (χ0) is 13.0. The number of carboxylic acids is 1. The summed E-state index contributed by atoms with van der Waals surface area (Å²) in [6.07, 6.45) is -0.528. The molecule has 92 valence electrons. The van der Waals surface area contributed by atoms with E-state index in [1.165, 1.54) is 13.2 Å².